The normalized spacial score (nSPS) is 29.5. The van der Waals surface area contributed by atoms with Crippen LogP contribution in [0.15, 0.2) is 71.6 Å². The third kappa shape index (κ3) is 10.2. The highest BCUT2D eigenvalue weighted by Crippen LogP contribution is 2.45. The van der Waals surface area contributed by atoms with Gasteiger partial charge in [0.15, 0.2) is 17.3 Å². The topological polar surface area (TPSA) is 154 Å². The fourth-order valence-electron chi connectivity index (χ4n) is 10.7. The van der Waals surface area contributed by atoms with Gasteiger partial charge in [0.05, 0.1) is 25.1 Å². The van der Waals surface area contributed by atoms with Crippen molar-refractivity contribution in [1.82, 2.24) is 10.6 Å². The number of aliphatic hydroxyl groups is 2. The van der Waals surface area contributed by atoms with E-state index in [0.29, 0.717) is 99.1 Å². The zero-order chi connectivity index (χ0) is 41.5. The Morgan fingerprint density at radius 1 is 1.05 bits per heavy atom. The van der Waals surface area contributed by atoms with Gasteiger partial charge in [-0.2, -0.15) is 0 Å². The van der Waals surface area contributed by atoms with Gasteiger partial charge in [0.2, 0.25) is 0 Å². The number of piperidine rings is 1. The Morgan fingerprint density at radius 3 is 2.64 bits per heavy atom. The highest BCUT2D eigenvalue weighted by molar-refractivity contribution is 5.89. The number of nitrogens with two attached hydrogens (primary N) is 1. The summed E-state index contributed by atoms with van der Waals surface area (Å²) >= 11 is 0. The van der Waals surface area contributed by atoms with Gasteiger partial charge in [0.1, 0.15) is 11.2 Å². The molecule has 0 amide bonds. The van der Waals surface area contributed by atoms with Crippen molar-refractivity contribution in [3.05, 3.63) is 88.3 Å². The van der Waals surface area contributed by atoms with Crippen LogP contribution in [0, 0.1) is 40.9 Å². The fourth-order valence-corrected chi connectivity index (χ4v) is 10.7. The third-order valence-corrected chi connectivity index (χ3v) is 14.3. The number of benzene rings is 2. The Balaban J connectivity index is 1.08. The molecule has 5 aliphatic rings. The number of hydrogen-bond acceptors (Lipinski definition) is 9. The number of aryl methyl sites for hydroxylation is 1. The zero-order valence-corrected chi connectivity index (χ0v) is 35.1. The molecule has 2 aromatic carbocycles. The maximum Gasteiger partial charge on any atom is 0.160 e. The number of ether oxygens (including phenoxy) is 1. The van der Waals surface area contributed by atoms with E-state index in [1.54, 1.807) is 6.07 Å². The second-order valence-corrected chi connectivity index (χ2v) is 18.0. The standard InChI is InChI=1S/C50H65N3O6/c1-3-35-31-53-49(51)29-43(35)37(12-11-32-7-5-4-6-8-32)25-40(54)16-13-36-20-22-50(47(57)18-15-38-26-46(59-2)45(56)28-42(36)38)21-19-33(24-48(50)58)9-10-34-23-39-14-17-41(55)27-44(39)52-30-34/h4-8,11-12,26,28-29,33-34,36-37,39-40,44,48,52-54,56,58H,3,9-10,13-19,21,23-25,27,30-31,51H2,1-2H3/b12-11+/t33-,34+,36+,37-,39-,40-,44-,48-,50+/m1/s1. The molecule has 7 rings (SSSR count). The lowest BCUT2D eigenvalue weighted by atomic mass is 9.64. The Bertz CT molecular complexity index is 1980. The minimum atomic E-state index is -1.15. The van der Waals surface area contributed by atoms with Crippen LogP contribution in [0.25, 0.3) is 6.08 Å². The van der Waals surface area contributed by atoms with Gasteiger partial charge in [-0.3, -0.25) is 9.59 Å². The molecule has 316 valence electrons. The number of nitrogens with one attached hydrogen (secondary N) is 2. The third-order valence-electron chi connectivity index (χ3n) is 14.3. The summed E-state index contributed by atoms with van der Waals surface area (Å²) in [4.78, 5) is 26.2. The molecule has 2 heterocycles. The molecule has 59 heavy (non-hydrogen) atoms. The minimum absolute atomic E-state index is 0.0144. The number of Topliss-reactive ketones (excluding diaryl/α,β-unsaturated/α-hetero) is 2. The summed E-state index contributed by atoms with van der Waals surface area (Å²) in [5, 5.41) is 41.6. The molecule has 0 unspecified atom stereocenters. The first kappa shape index (κ1) is 42.8. The highest BCUT2D eigenvalue weighted by Gasteiger charge is 2.47. The number of phenolic OH excluding ortho intramolecular Hbond substituents is 1. The first-order valence-electron chi connectivity index (χ1n) is 22.3. The van der Waals surface area contributed by atoms with Crippen molar-refractivity contribution in [1.29, 1.82) is 0 Å². The van der Waals surface area contributed by atoms with Crippen LogP contribution in [0.3, 0.4) is 0 Å². The number of hydrogen-bond donors (Lipinski definition) is 6. The summed E-state index contributed by atoms with van der Waals surface area (Å²) in [6.45, 7) is 3.77. The van der Waals surface area contributed by atoms with Crippen LogP contribution in [-0.2, 0) is 16.0 Å². The van der Waals surface area contributed by atoms with Gasteiger partial charge in [-0.25, -0.2) is 0 Å². The molecule has 9 nitrogen and oxygen atoms in total. The molecule has 1 spiro atoms. The second-order valence-electron chi connectivity index (χ2n) is 18.0. The summed E-state index contributed by atoms with van der Waals surface area (Å²) in [6, 6.07) is 14.0. The van der Waals surface area contributed by atoms with Crippen LogP contribution in [0.4, 0.5) is 0 Å². The molecule has 3 fully saturated rings. The van der Waals surface area contributed by atoms with E-state index >= 15 is 0 Å². The largest absolute Gasteiger partial charge is 0.504 e. The number of allylic oxidation sites excluding steroid dienone is 3. The lowest BCUT2D eigenvalue weighted by molar-refractivity contribution is -0.134. The van der Waals surface area contributed by atoms with E-state index in [2.05, 4.69) is 53.7 Å². The predicted octanol–water partition coefficient (Wildman–Crippen LogP) is 7.25. The van der Waals surface area contributed by atoms with E-state index in [-0.39, 0.29) is 29.8 Å². The SMILES string of the molecule is CCC1=C([C@H](/C=C/c2ccccc2)C[C@H](O)CC[C@H]2C#C[C@@]3(CC[C@@H](CC[C@@H]4CN[C@@H]5CC(=O)CC[C@@H]5C4)C[C@H]3O)C(=O)CCc3cc(OC)c(O)cc32)C=C(N)NC1. The maximum atomic E-state index is 14.2. The molecule has 7 N–H and O–H groups in total. The Labute approximate surface area is 351 Å². The van der Waals surface area contributed by atoms with Crippen LogP contribution < -0.4 is 21.1 Å². The number of dihydropyridines is 1. The van der Waals surface area contributed by atoms with Gasteiger partial charge in [0, 0.05) is 43.7 Å². The molecule has 1 saturated heterocycles. The monoisotopic (exact) mass is 803 g/mol. The van der Waals surface area contributed by atoms with Gasteiger partial charge in [-0.15, -0.1) is 0 Å². The lowest BCUT2D eigenvalue weighted by Crippen LogP contribution is -2.49. The maximum absolute atomic E-state index is 14.2. The van der Waals surface area contributed by atoms with E-state index in [1.165, 1.54) is 12.7 Å². The average molecular weight is 804 g/mol. The second kappa shape index (κ2) is 19.4. The number of fused-ring (bicyclic) bond motifs is 2. The summed E-state index contributed by atoms with van der Waals surface area (Å²) in [5.41, 5.74) is 10.4. The van der Waals surface area contributed by atoms with Crippen molar-refractivity contribution in [2.24, 2.45) is 34.8 Å². The number of carbonyl (C=O) groups is 2. The van der Waals surface area contributed by atoms with Gasteiger partial charge < -0.3 is 36.4 Å². The minimum Gasteiger partial charge on any atom is -0.504 e. The number of aromatic hydroxyl groups is 1. The Kier molecular flexibility index (Phi) is 14.0. The number of carbonyl (C=O) groups excluding carboxylic acids is 2. The summed E-state index contributed by atoms with van der Waals surface area (Å²) in [7, 11) is 1.52. The van der Waals surface area contributed by atoms with Crippen molar-refractivity contribution in [2.45, 2.75) is 127 Å². The van der Waals surface area contributed by atoms with E-state index in [4.69, 9.17) is 10.5 Å². The van der Waals surface area contributed by atoms with Crippen molar-refractivity contribution in [3.63, 3.8) is 0 Å². The predicted molar refractivity (Wildman–Crippen MR) is 232 cm³/mol. The number of aliphatic hydroxyl groups excluding tert-OH is 2. The van der Waals surface area contributed by atoms with Crippen LogP contribution in [-0.4, -0.2) is 65.3 Å². The Hall–Kier alpha value is -4.36. The lowest BCUT2D eigenvalue weighted by Gasteiger charge is -2.42. The fraction of sp³-hybridized carbons (Fsp3) is 0.560. The first-order chi connectivity index (χ1) is 28.5. The van der Waals surface area contributed by atoms with Crippen molar-refractivity contribution in [3.8, 4) is 23.3 Å². The van der Waals surface area contributed by atoms with Gasteiger partial charge in [-0.05, 0) is 141 Å². The van der Waals surface area contributed by atoms with Gasteiger partial charge >= 0.3 is 0 Å². The number of rotatable bonds is 13. The average Bonchev–Trinajstić information content (AvgIpc) is 3.29. The molecular formula is C50H65N3O6. The smallest absolute Gasteiger partial charge is 0.160 e. The van der Waals surface area contributed by atoms with E-state index in [0.717, 1.165) is 67.3 Å². The molecule has 2 aliphatic heterocycles. The molecule has 0 bridgehead atoms. The number of phenols is 1. The van der Waals surface area contributed by atoms with Crippen LogP contribution in [0.1, 0.15) is 119 Å². The zero-order valence-electron chi connectivity index (χ0n) is 35.1. The van der Waals surface area contributed by atoms with Gasteiger partial charge in [0.25, 0.3) is 0 Å². The van der Waals surface area contributed by atoms with Crippen molar-refractivity contribution >= 4 is 17.6 Å². The molecule has 9 heteroatoms. The van der Waals surface area contributed by atoms with Crippen LogP contribution in [0.2, 0.25) is 0 Å². The van der Waals surface area contributed by atoms with Gasteiger partial charge in [-0.1, -0.05) is 67.7 Å². The Morgan fingerprint density at radius 2 is 1.86 bits per heavy atom. The summed E-state index contributed by atoms with van der Waals surface area (Å²) < 4.78 is 5.49. The highest BCUT2D eigenvalue weighted by atomic mass is 16.5. The summed E-state index contributed by atoms with van der Waals surface area (Å²) in [6.07, 6.45) is 15.3. The molecule has 0 radical (unpaired) electrons. The van der Waals surface area contributed by atoms with E-state index in [1.807, 2.05) is 30.3 Å². The van der Waals surface area contributed by atoms with Crippen molar-refractivity contribution in [2.75, 3.05) is 20.2 Å². The van der Waals surface area contributed by atoms with E-state index < -0.39 is 17.6 Å². The number of ketones is 2. The molecule has 9 atom stereocenters. The first-order valence-corrected chi connectivity index (χ1v) is 22.3. The van der Waals surface area contributed by atoms with Crippen molar-refractivity contribution < 1.29 is 29.6 Å². The van der Waals surface area contributed by atoms with Crippen LogP contribution in [0.5, 0.6) is 11.5 Å². The molecule has 2 aromatic rings. The molecule has 0 aromatic heterocycles. The van der Waals surface area contributed by atoms with Crippen LogP contribution >= 0.6 is 0 Å². The molecular weight excluding hydrogens is 739 g/mol. The molecule has 2 saturated carbocycles. The molecule has 3 aliphatic carbocycles. The summed E-state index contributed by atoms with van der Waals surface area (Å²) in [5.74, 6) is 9.28. The van der Waals surface area contributed by atoms with E-state index in [9.17, 15) is 24.9 Å². The quantitative estimate of drug-likeness (QED) is 0.115. The number of methoxy groups -OCH3 is 1.